The van der Waals surface area contributed by atoms with Gasteiger partial charge in [0.2, 0.25) is 0 Å². The molecule has 23 heavy (non-hydrogen) atoms. The predicted octanol–water partition coefficient (Wildman–Crippen LogP) is 3.24. The van der Waals surface area contributed by atoms with E-state index in [4.69, 9.17) is 0 Å². The Bertz CT molecular complexity index is 753. The molecule has 120 valence electrons. The monoisotopic (exact) mass is 335 g/mol. The van der Waals surface area contributed by atoms with Gasteiger partial charge in [0.1, 0.15) is 11.6 Å². The lowest BCUT2D eigenvalue weighted by molar-refractivity contribution is 0.175. The molecule has 0 amide bonds. The Balaban J connectivity index is 1.70. The third-order valence-corrected chi connectivity index (χ3v) is 4.21. The minimum absolute atomic E-state index is 0.125. The molecule has 3 aromatic rings. The second-order valence-electron chi connectivity index (χ2n) is 5.07. The van der Waals surface area contributed by atoms with Crippen molar-refractivity contribution in [2.24, 2.45) is 0 Å². The Morgan fingerprint density at radius 3 is 2.74 bits per heavy atom. The Morgan fingerprint density at radius 1 is 1.26 bits per heavy atom. The maximum atomic E-state index is 13.9. The summed E-state index contributed by atoms with van der Waals surface area (Å²) in [5, 5.41) is 23.4. The van der Waals surface area contributed by atoms with Crippen molar-refractivity contribution in [2.45, 2.75) is 12.6 Å². The summed E-state index contributed by atoms with van der Waals surface area (Å²) in [4.78, 5) is 0. The van der Waals surface area contributed by atoms with E-state index in [2.05, 4.69) is 15.5 Å². The lowest BCUT2D eigenvalue weighted by Crippen LogP contribution is -2.21. The molecule has 0 fully saturated rings. The van der Waals surface area contributed by atoms with E-state index in [0.717, 1.165) is 5.56 Å². The maximum Gasteiger partial charge on any atom is 0.135 e. The van der Waals surface area contributed by atoms with Crippen LogP contribution in [0, 0.1) is 11.6 Å². The van der Waals surface area contributed by atoms with E-state index in [1.165, 1.54) is 35.7 Å². The minimum atomic E-state index is -0.645. The average Bonchev–Trinajstić information content (AvgIpc) is 3.19. The number of nitrogens with zero attached hydrogens (tertiary/aromatic N) is 1. The van der Waals surface area contributed by atoms with Crippen LogP contribution in [0.2, 0.25) is 0 Å². The number of thiophene rings is 1. The van der Waals surface area contributed by atoms with E-state index < -0.39 is 17.7 Å². The first-order chi connectivity index (χ1) is 11.2. The van der Waals surface area contributed by atoms with Gasteiger partial charge in [-0.25, -0.2) is 8.78 Å². The fourth-order valence-corrected chi connectivity index (χ4v) is 3.03. The number of hydrogen-bond acceptors (Lipinski definition) is 4. The molecule has 0 spiro atoms. The molecular formula is C16H15F2N3OS. The number of aliphatic hydroxyl groups is 1. The number of nitrogens with one attached hydrogen (secondary N) is 2. The molecule has 1 unspecified atom stereocenters. The molecule has 1 atom stereocenters. The summed E-state index contributed by atoms with van der Waals surface area (Å²) in [5.74, 6) is -1.29. The lowest BCUT2D eigenvalue weighted by Gasteiger charge is -2.11. The van der Waals surface area contributed by atoms with Gasteiger partial charge in [-0.3, -0.25) is 5.10 Å². The third kappa shape index (κ3) is 3.47. The standard InChI is InChI=1S/C16H15F2N3OS/c17-12-2-1-3-13(18)15(12)16-11(7-20-21-16)6-19-8-14(22)10-4-5-23-9-10/h1-5,7,9,14,19,22H,6,8H2,(H,20,21). The van der Waals surface area contributed by atoms with Crippen molar-refractivity contribution in [3.63, 3.8) is 0 Å². The first-order valence-corrected chi connectivity index (χ1v) is 7.98. The quantitative estimate of drug-likeness (QED) is 0.648. The molecule has 2 aromatic heterocycles. The molecule has 4 nitrogen and oxygen atoms in total. The van der Waals surface area contributed by atoms with Crippen LogP contribution in [0.15, 0.2) is 41.2 Å². The molecule has 0 aliphatic carbocycles. The average molecular weight is 335 g/mol. The van der Waals surface area contributed by atoms with Gasteiger partial charge in [-0.1, -0.05) is 6.07 Å². The summed E-state index contributed by atoms with van der Waals surface area (Å²) in [7, 11) is 0. The summed E-state index contributed by atoms with van der Waals surface area (Å²) in [5.41, 5.74) is 1.65. The van der Waals surface area contributed by atoms with Crippen molar-refractivity contribution < 1.29 is 13.9 Å². The van der Waals surface area contributed by atoms with Crippen molar-refractivity contribution in [1.82, 2.24) is 15.5 Å². The first-order valence-electron chi connectivity index (χ1n) is 7.04. The number of rotatable bonds is 6. The van der Waals surface area contributed by atoms with Gasteiger partial charge < -0.3 is 10.4 Å². The largest absolute Gasteiger partial charge is 0.387 e. The van der Waals surface area contributed by atoms with Crippen LogP contribution in [0.5, 0.6) is 0 Å². The van der Waals surface area contributed by atoms with E-state index in [0.29, 0.717) is 24.3 Å². The van der Waals surface area contributed by atoms with E-state index in [-0.39, 0.29) is 5.56 Å². The smallest absolute Gasteiger partial charge is 0.135 e. The Morgan fingerprint density at radius 2 is 2.04 bits per heavy atom. The van der Waals surface area contributed by atoms with Crippen LogP contribution in [0.25, 0.3) is 11.3 Å². The number of H-pyrrole nitrogens is 1. The molecule has 0 aliphatic heterocycles. The number of benzene rings is 1. The molecule has 0 aliphatic rings. The number of aromatic nitrogens is 2. The summed E-state index contributed by atoms with van der Waals surface area (Å²) in [6.07, 6.45) is 0.896. The fraction of sp³-hybridized carbons (Fsp3) is 0.188. The van der Waals surface area contributed by atoms with Crippen LogP contribution >= 0.6 is 11.3 Å². The Kier molecular flexibility index (Phi) is 4.80. The van der Waals surface area contributed by atoms with Crippen molar-refractivity contribution >= 4 is 11.3 Å². The molecule has 7 heteroatoms. The molecule has 3 N–H and O–H groups in total. The van der Waals surface area contributed by atoms with Crippen LogP contribution in [0.3, 0.4) is 0 Å². The zero-order chi connectivity index (χ0) is 16.2. The zero-order valence-electron chi connectivity index (χ0n) is 12.1. The second kappa shape index (κ2) is 6.99. The topological polar surface area (TPSA) is 60.9 Å². The zero-order valence-corrected chi connectivity index (χ0v) is 12.9. The number of hydrogen-bond donors (Lipinski definition) is 3. The molecular weight excluding hydrogens is 320 g/mol. The van der Waals surface area contributed by atoms with Crippen LogP contribution in [-0.2, 0) is 6.54 Å². The maximum absolute atomic E-state index is 13.9. The van der Waals surface area contributed by atoms with Crippen molar-refractivity contribution in [2.75, 3.05) is 6.54 Å². The molecule has 2 heterocycles. The van der Waals surface area contributed by atoms with Gasteiger partial charge in [-0.05, 0) is 34.5 Å². The van der Waals surface area contributed by atoms with Crippen molar-refractivity contribution in [3.05, 3.63) is 64.0 Å². The molecule has 0 saturated carbocycles. The van der Waals surface area contributed by atoms with Crippen molar-refractivity contribution in [1.29, 1.82) is 0 Å². The highest BCUT2D eigenvalue weighted by molar-refractivity contribution is 7.07. The van der Waals surface area contributed by atoms with E-state index in [1.54, 1.807) is 0 Å². The highest BCUT2D eigenvalue weighted by Crippen LogP contribution is 2.27. The number of halogens is 2. The Hall–Kier alpha value is -2.09. The van der Waals surface area contributed by atoms with Crippen LogP contribution < -0.4 is 5.32 Å². The Labute approximate surface area is 135 Å². The van der Waals surface area contributed by atoms with Gasteiger partial charge in [0, 0.05) is 18.7 Å². The van der Waals surface area contributed by atoms with Gasteiger partial charge in [0.25, 0.3) is 0 Å². The van der Waals surface area contributed by atoms with Crippen LogP contribution in [0.1, 0.15) is 17.2 Å². The van der Waals surface area contributed by atoms with E-state index in [9.17, 15) is 13.9 Å². The normalized spacial score (nSPS) is 12.5. The predicted molar refractivity (Wildman–Crippen MR) is 84.9 cm³/mol. The molecule has 0 bridgehead atoms. The van der Waals surface area contributed by atoms with Crippen LogP contribution in [-0.4, -0.2) is 21.8 Å². The van der Waals surface area contributed by atoms with Gasteiger partial charge in [0.05, 0.1) is 23.6 Å². The third-order valence-electron chi connectivity index (χ3n) is 3.51. The second-order valence-corrected chi connectivity index (χ2v) is 5.85. The number of aliphatic hydroxyl groups excluding tert-OH is 1. The highest BCUT2D eigenvalue weighted by atomic mass is 32.1. The summed E-state index contributed by atoms with van der Waals surface area (Å²) < 4.78 is 27.8. The summed E-state index contributed by atoms with van der Waals surface area (Å²) >= 11 is 1.52. The molecule has 0 radical (unpaired) electrons. The summed E-state index contributed by atoms with van der Waals surface area (Å²) in [6, 6.07) is 5.59. The highest BCUT2D eigenvalue weighted by Gasteiger charge is 2.16. The SMILES string of the molecule is OC(CNCc1cn[nH]c1-c1c(F)cccc1F)c1ccsc1. The summed E-state index contributed by atoms with van der Waals surface area (Å²) in [6.45, 7) is 0.669. The number of aromatic amines is 1. The molecule has 3 rings (SSSR count). The molecule has 1 aromatic carbocycles. The minimum Gasteiger partial charge on any atom is -0.387 e. The fourth-order valence-electron chi connectivity index (χ4n) is 2.32. The first kappa shape index (κ1) is 15.8. The van der Waals surface area contributed by atoms with Gasteiger partial charge in [0.15, 0.2) is 0 Å². The lowest BCUT2D eigenvalue weighted by atomic mass is 10.1. The van der Waals surface area contributed by atoms with Crippen molar-refractivity contribution in [3.8, 4) is 11.3 Å². The van der Waals surface area contributed by atoms with Crippen LogP contribution in [0.4, 0.5) is 8.78 Å². The van der Waals surface area contributed by atoms with E-state index >= 15 is 0 Å². The van der Waals surface area contributed by atoms with Gasteiger partial charge in [-0.2, -0.15) is 16.4 Å². The van der Waals surface area contributed by atoms with E-state index in [1.807, 2.05) is 16.8 Å². The van der Waals surface area contributed by atoms with Gasteiger partial charge in [-0.15, -0.1) is 0 Å². The molecule has 0 saturated heterocycles. The van der Waals surface area contributed by atoms with Gasteiger partial charge >= 0.3 is 0 Å².